The maximum absolute atomic E-state index is 12.7. The van der Waals surface area contributed by atoms with E-state index in [1.54, 1.807) is 0 Å². The molecule has 0 amide bonds. The number of ether oxygens (including phenoxy) is 1. The van der Waals surface area contributed by atoms with E-state index >= 15 is 0 Å². The summed E-state index contributed by atoms with van der Waals surface area (Å²) in [6.07, 6.45) is -4.78. The van der Waals surface area contributed by atoms with Gasteiger partial charge in [-0.3, -0.25) is 4.79 Å². The second-order valence-corrected chi connectivity index (χ2v) is 3.76. The molecule has 106 valence electrons. The summed E-state index contributed by atoms with van der Waals surface area (Å²) in [7, 11) is 1.42. The molecule has 0 heterocycles. The number of nitrogens with two attached hydrogens (primary N) is 1. The lowest BCUT2D eigenvalue weighted by molar-refractivity contribution is -0.161. The smallest absolute Gasteiger partial charge is 0.410 e. The lowest BCUT2D eigenvalue weighted by Gasteiger charge is -2.25. The molecule has 0 unspecified atom stereocenters. The zero-order valence-corrected chi connectivity index (χ0v) is 9.94. The quantitative estimate of drug-likeness (QED) is 0.759. The van der Waals surface area contributed by atoms with Crippen LogP contribution in [0, 0.1) is 0 Å². The van der Waals surface area contributed by atoms with Crippen LogP contribution < -0.4 is 15.8 Å². The third kappa shape index (κ3) is 4.02. The number of hydrogen-bond acceptors (Lipinski definition) is 4. The molecule has 0 aromatic heterocycles. The fraction of sp³-hybridized carbons (Fsp3) is 0.364. The lowest BCUT2D eigenvalue weighted by Crippen LogP contribution is -2.54. The van der Waals surface area contributed by atoms with Crippen LogP contribution in [-0.4, -0.2) is 36.4 Å². The van der Waals surface area contributed by atoms with E-state index in [4.69, 9.17) is 15.6 Å². The van der Waals surface area contributed by atoms with Crippen molar-refractivity contribution in [3.8, 4) is 5.75 Å². The molecule has 2 atom stereocenters. The monoisotopic (exact) mass is 278 g/mol. The van der Waals surface area contributed by atoms with Crippen molar-refractivity contribution in [2.75, 3.05) is 12.4 Å². The minimum Gasteiger partial charge on any atom is -0.497 e. The van der Waals surface area contributed by atoms with Crippen LogP contribution in [0.5, 0.6) is 5.75 Å². The molecule has 1 aromatic rings. The second kappa shape index (κ2) is 5.79. The van der Waals surface area contributed by atoms with E-state index in [0.717, 1.165) is 0 Å². The largest absolute Gasteiger partial charge is 0.497 e. The molecule has 4 N–H and O–H groups in total. The van der Waals surface area contributed by atoms with Gasteiger partial charge in [0, 0.05) is 5.69 Å². The van der Waals surface area contributed by atoms with Gasteiger partial charge in [-0.05, 0) is 24.3 Å². The molecular weight excluding hydrogens is 265 g/mol. The van der Waals surface area contributed by atoms with Crippen LogP contribution in [0.4, 0.5) is 18.9 Å². The minimum atomic E-state index is -4.78. The van der Waals surface area contributed by atoms with Gasteiger partial charge in [-0.2, -0.15) is 13.2 Å². The number of carboxylic acids is 1. The van der Waals surface area contributed by atoms with Crippen molar-refractivity contribution in [2.24, 2.45) is 5.73 Å². The number of halogens is 3. The lowest BCUT2D eigenvalue weighted by atomic mass is 10.1. The van der Waals surface area contributed by atoms with Crippen molar-refractivity contribution >= 4 is 11.7 Å². The predicted octanol–water partition coefficient (Wildman–Crippen LogP) is 1.45. The van der Waals surface area contributed by atoms with E-state index in [1.807, 2.05) is 0 Å². The van der Waals surface area contributed by atoms with Gasteiger partial charge in [0.05, 0.1) is 7.11 Å². The number of nitrogens with one attached hydrogen (secondary N) is 1. The molecule has 8 heteroatoms. The first-order valence-corrected chi connectivity index (χ1v) is 5.21. The molecule has 0 saturated heterocycles. The highest BCUT2D eigenvalue weighted by Gasteiger charge is 2.46. The van der Waals surface area contributed by atoms with Crippen molar-refractivity contribution in [2.45, 2.75) is 18.3 Å². The number of carbonyl (C=O) groups is 1. The molecule has 19 heavy (non-hydrogen) atoms. The third-order valence-corrected chi connectivity index (χ3v) is 2.41. The van der Waals surface area contributed by atoms with Gasteiger partial charge in [0.2, 0.25) is 0 Å². The molecule has 0 aliphatic carbocycles. The van der Waals surface area contributed by atoms with Gasteiger partial charge in [-0.15, -0.1) is 0 Å². The standard InChI is InChI=1S/C11H13F3N2O3/c1-19-7-4-2-6(3-5-7)16-9(11(12,13)14)8(15)10(17)18/h2-5,8-9,16H,15H2,1H3,(H,17,18)/t8-,9-/m0/s1. The Labute approximate surface area is 107 Å². The molecule has 0 saturated carbocycles. The van der Waals surface area contributed by atoms with Crippen molar-refractivity contribution < 1.29 is 27.8 Å². The summed E-state index contributed by atoms with van der Waals surface area (Å²) in [5.74, 6) is -1.26. The van der Waals surface area contributed by atoms with Crippen LogP contribution in [0.3, 0.4) is 0 Å². The Morgan fingerprint density at radius 2 is 1.89 bits per heavy atom. The average Bonchev–Trinajstić information content (AvgIpc) is 2.34. The molecule has 0 spiro atoms. The van der Waals surface area contributed by atoms with Crippen molar-refractivity contribution in [3.05, 3.63) is 24.3 Å². The van der Waals surface area contributed by atoms with Gasteiger partial charge >= 0.3 is 12.1 Å². The molecule has 0 bridgehead atoms. The van der Waals surface area contributed by atoms with E-state index in [0.29, 0.717) is 5.75 Å². The highest BCUT2D eigenvalue weighted by Crippen LogP contribution is 2.26. The van der Waals surface area contributed by atoms with E-state index < -0.39 is 24.2 Å². The van der Waals surface area contributed by atoms with Crippen LogP contribution in [-0.2, 0) is 4.79 Å². The van der Waals surface area contributed by atoms with E-state index in [2.05, 4.69) is 5.32 Å². The summed E-state index contributed by atoms with van der Waals surface area (Å²) in [6, 6.07) is 1.10. The van der Waals surface area contributed by atoms with Gasteiger partial charge in [-0.1, -0.05) is 0 Å². The normalized spacial score (nSPS) is 14.6. The molecular formula is C11H13F3N2O3. The maximum Gasteiger partial charge on any atom is 0.410 e. The third-order valence-electron chi connectivity index (χ3n) is 2.41. The number of methoxy groups -OCH3 is 1. The number of anilines is 1. The summed E-state index contributed by atoms with van der Waals surface area (Å²) in [6.45, 7) is 0. The topological polar surface area (TPSA) is 84.6 Å². The Bertz CT molecular complexity index is 434. The zero-order chi connectivity index (χ0) is 14.6. The minimum absolute atomic E-state index is 0.0971. The highest BCUT2D eigenvalue weighted by atomic mass is 19.4. The van der Waals surface area contributed by atoms with Crippen molar-refractivity contribution in [1.82, 2.24) is 0 Å². The number of hydrogen-bond donors (Lipinski definition) is 3. The first kappa shape index (κ1) is 15.1. The molecule has 0 radical (unpaired) electrons. The predicted molar refractivity (Wildman–Crippen MR) is 62.1 cm³/mol. The van der Waals surface area contributed by atoms with Gasteiger partial charge in [0.15, 0.2) is 0 Å². The van der Waals surface area contributed by atoms with Crippen LogP contribution in [0.1, 0.15) is 0 Å². The average molecular weight is 278 g/mol. The second-order valence-electron chi connectivity index (χ2n) is 3.76. The Morgan fingerprint density at radius 1 is 1.37 bits per heavy atom. The number of alkyl halides is 3. The summed E-state index contributed by atoms with van der Waals surface area (Å²) >= 11 is 0. The van der Waals surface area contributed by atoms with Crippen LogP contribution in [0.25, 0.3) is 0 Å². The summed E-state index contributed by atoms with van der Waals surface area (Å²) < 4.78 is 43.1. The molecule has 1 rings (SSSR count). The highest BCUT2D eigenvalue weighted by molar-refractivity contribution is 5.75. The van der Waals surface area contributed by atoms with Crippen molar-refractivity contribution in [3.63, 3.8) is 0 Å². The number of carboxylic acid groups (broad SMARTS) is 1. The van der Waals surface area contributed by atoms with E-state index in [-0.39, 0.29) is 5.69 Å². The number of benzene rings is 1. The van der Waals surface area contributed by atoms with Gasteiger partial charge in [0.1, 0.15) is 17.8 Å². The number of rotatable bonds is 5. The first-order valence-electron chi connectivity index (χ1n) is 5.21. The molecule has 1 aromatic carbocycles. The van der Waals surface area contributed by atoms with Gasteiger partial charge in [-0.25, -0.2) is 0 Å². The first-order chi connectivity index (χ1) is 8.75. The molecule has 0 aliphatic rings. The SMILES string of the molecule is COc1ccc(N[C@@H]([C@H](N)C(=O)O)C(F)(F)F)cc1. The summed E-state index contributed by atoms with van der Waals surface area (Å²) in [5.41, 5.74) is 5.14. The van der Waals surface area contributed by atoms with Crippen LogP contribution in [0.15, 0.2) is 24.3 Å². The van der Waals surface area contributed by atoms with Gasteiger partial charge < -0.3 is 20.9 Å². The van der Waals surface area contributed by atoms with Crippen molar-refractivity contribution in [1.29, 1.82) is 0 Å². The molecule has 5 nitrogen and oxygen atoms in total. The number of aliphatic carboxylic acids is 1. The summed E-state index contributed by atoms with van der Waals surface area (Å²) in [4.78, 5) is 10.6. The summed E-state index contributed by atoms with van der Waals surface area (Å²) in [5, 5.41) is 10.7. The fourth-order valence-electron chi connectivity index (χ4n) is 1.38. The maximum atomic E-state index is 12.7. The molecule has 0 aliphatic heterocycles. The fourth-order valence-corrected chi connectivity index (χ4v) is 1.38. The Kier molecular flexibility index (Phi) is 4.60. The van der Waals surface area contributed by atoms with Crippen LogP contribution in [0.2, 0.25) is 0 Å². The zero-order valence-electron chi connectivity index (χ0n) is 9.94. The van der Waals surface area contributed by atoms with E-state index in [1.165, 1.54) is 31.4 Å². The van der Waals surface area contributed by atoms with Crippen LogP contribution >= 0.6 is 0 Å². The van der Waals surface area contributed by atoms with E-state index in [9.17, 15) is 18.0 Å². The Morgan fingerprint density at radius 3 is 2.26 bits per heavy atom. The molecule has 0 fully saturated rings. The Balaban J connectivity index is 2.91. The Hall–Kier alpha value is -1.96. The van der Waals surface area contributed by atoms with Gasteiger partial charge in [0.25, 0.3) is 0 Å².